The van der Waals surface area contributed by atoms with E-state index in [1.54, 1.807) is 11.8 Å². The third kappa shape index (κ3) is 4.55. The second-order valence-corrected chi connectivity index (χ2v) is 9.02. The van der Waals surface area contributed by atoms with Gasteiger partial charge in [0.2, 0.25) is 11.8 Å². The summed E-state index contributed by atoms with van der Waals surface area (Å²) < 4.78 is 7.18. The number of hydrogen-bond acceptors (Lipinski definition) is 5. The normalized spacial score (nSPS) is 12.6. The van der Waals surface area contributed by atoms with Crippen LogP contribution in [0.5, 0.6) is 5.88 Å². The minimum atomic E-state index is -0.161. The molecule has 2 N–H and O–H groups in total. The molecule has 8 heteroatoms. The second-order valence-electron chi connectivity index (χ2n) is 9.02. The predicted molar refractivity (Wildman–Crippen MR) is 129 cm³/mol. The molecule has 1 unspecified atom stereocenters. The summed E-state index contributed by atoms with van der Waals surface area (Å²) in [6, 6.07) is 7.76. The van der Waals surface area contributed by atoms with E-state index >= 15 is 0 Å². The van der Waals surface area contributed by atoms with Crippen LogP contribution in [0.25, 0.3) is 22.1 Å². The Morgan fingerprint density at radius 2 is 1.97 bits per heavy atom. The quantitative estimate of drug-likeness (QED) is 0.419. The van der Waals surface area contributed by atoms with Gasteiger partial charge >= 0.3 is 0 Å². The van der Waals surface area contributed by atoms with E-state index in [0.717, 1.165) is 51.1 Å². The molecule has 4 rings (SSSR count). The molecule has 1 amide bonds. The van der Waals surface area contributed by atoms with E-state index in [1.807, 2.05) is 45.2 Å². The number of pyridine rings is 1. The van der Waals surface area contributed by atoms with Crippen molar-refractivity contribution in [1.29, 1.82) is 0 Å². The highest BCUT2D eigenvalue weighted by molar-refractivity contribution is 5.86. The lowest BCUT2D eigenvalue weighted by molar-refractivity contribution is -0.122. The zero-order valence-electron chi connectivity index (χ0n) is 20.2. The topological polar surface area (TPSA) is 97.7 Å². The maximum atomic E-state index is 13.0. The number of aromatic nitrogens is 5. The van der Waals surface area contributed by atoms with E-state index < -0.39 is 0 Å². The molecule has 174 valence electrons. The summed E-state index contributed by atoms with van der Waals surface area (Å²) in [6.45, 7) is 8.33. The minimum Gasteiger partial charge on any atom is -0.479 e. The van der Waals surface area contributed by atoms with Crippen LogP contribution >= 0.6 is 0 Å². The Kier molecular flexibility index (Phi) is 6.35. The van der Waals surface area contributed by atoms with Gasteiger partial charge in [0.05, 0.1) is 29.6 Å². The first kappa shape index (κ1) is 22.8. The maximum Gasteiger partial charge on any atom is 0.242 e. The number of imidazole rings is 1. The SMILES string of the molecule is COc1nn(C)c2nc(C)c(CCC(=O)NC(CC(C)C)c3nc4ccccc4[nH]3)c(C)c12. The molecular weight excluding hydrogens is 416 g/mol. The number of aromatic amines is 1. The standard InChI is InChI=1S/C25H32N6O2/c1-14(2)13-20(23-28-18-9-7-8-10-19(18)29-23)27-21(32)12-11-17-15(3)22-24(26-16(17)4)31(5)30-25(22)33-6/h7-10,14,20H,11-13H2,1-6H3,(H,27,32)(H,28,29). The van der Waals surface area contributed by atoms with Crippen LogP contribution < -0.4 is 10.1 Å². The summed E-state index contributed by atoms with van der Waals surface area (Å²) in [7, 11) is 3.47. The van der Waals surface area contributed by atoms with Crippen LogP contribution in [0.3, 0.4) is 0 Å². The van der Waals surface area contributed by atoms with Crippen molar-refractivity contribution in [2.75, 3.05) is 7.11 Å². The lowest BCUT2D eigenvalue weighted by Crippen LogP contribution is -2.30. The number of fused-ring (bicyclic) bond motifs is 2. The first-order valence-electron chi connectivity index (χ1n) is 11.4. The molecular formula is C25H32N6O2. The monoisotopic (exact) mass is 448 g/mol. The lowest BCUT2D eigenvalue weighted by atomic mass is 9.99. The minimum absolute atomic E-state index is 0.00171. The zero-order valence-corrected chi connectivity index (χ0v) is 20.2. The molecule has 33 heavy (non-hydrogen) atoms. The molecule has 0 aliphatic carbocycles. The van der Waals surface area contributed by atoms with Crippen LogP contribution in [0.15, 0.2) is 24.3 Å². The smallest absolute Gasteiger partial charge is 0.242 e. The van der Waals surface area contributed by atoms with Gasteiger partial charge in [-0.15, -0.1) is 5.10 Å². The van der Waals surface area contributed by atoms with E-state index in [2.05, 4.69) is 29.2 Å². The first-order valence-corrected chi connectivity index (χ1v) is 11.4. The Bertz CT molecular complexity index is 1270. The number of ether oxygens (including phenoxy) is 1. The molecule has 8 nitrogen and oxygen atoms in total. The van der Waals surface area contributed by atoms with Crippen LogP contribution in [-0.4, -0.2) is 37.7 Å². The van der Waals surface area contributed by atoms with Crippen molar-refractivity contribution >= 4 is 28.0 Å². The number of H-pyrrole nitrogens is 1. The average molecular weight is 449 g/mol. The first-order chi connectivity index (χ1) is 15.8. The average Bonchev–Trinajstić information content (AvgIpc) is 3.34. The Balaban J connectivity index is 1.53. The summed E-state index contributed by atoms with van der Waals surface area (Å²) in [4.78, 5) is 25.8. The molecule has 0 radical (unpaired) electrons. The highest BCUT2D eigenvalue weighted by atomic mass is 16.5. The van der Waals surface area contributed by atoms with E-state index in [9.17, 15) is 4.79 Å². The van der Waals surface area contributed by atoms with Crippen LogP contribution in [0.2, 0.25) is 0 Å². The van der Waals surface area contributed by atoms with Gasteiger partial charge in [-0.25, -0.2) is 14.6 Å². The number of hydrogen-bond donors (Lipinski definition) is 2. The van der Waals surface area contributed by atoms with Crippen molar-refractivity contribution in [2.24, 2.45) is 13.0 Å². The molecule has 1 aromatic carbocycles. The number of carbonyl (C=O) groups excluding carboxylic acids is 1. The second kappa shape index (κ2) is 9.21. The predicted octanol–water partition coefficient (Wildman–Crippen LogP) is 4.31. The number of carbonyl (C=O) groups is 1. The van der Waals surface area contributed by atoms with Gasteiger partial charge in [0, 0.05) is 19.2 Å². The van der Waals surface area contributed by atoms with E-state index in [1.165, 1.54) is 0 Å². The molecule has 3 aromatic heterocycles. The van der Waals surface area contributed by atoms with Gasteiger partial charge in [0.25, 0.3) is 0 Å². The van der Waals surface area contributed by atoms with Gasteiger partial charge in [0.1, 0.15) is 5.82 Å². The molecule has 0 aliphatic rings. The third-order valence-electron chi connectivity index (χ3n) is 6.10. The van der Waals surface area contributed by atoms with Crippen LogP contribution in [-0.2, 0) is 18.3 Å². The van der Waals surface area contributed by atoms with Crippen LogP contribution in [0.4, 0.5) is 0 Å². The molecule has 0 aliphatic heterocycles. The number of rotatable bonds is 8. The Morgan fingerprint density at radius 3 is 2.67 bits per heavy atom. The number of amides is 1. The molecule has 1 atom stereocenters. The fourth-order valence-corrected chi connectivity index (χ4v) is 4.46. The molecule has 0 saturated heterocycles. The van der Waals surface area contributed by atoms with Crippen molar-refractivity contribution in [2.45, 2.75) is 53.0 Å². The lowest BCUT2D eigenvalue weighted by Gasteiger charge is -2.19. The Morgan fingerprint density at radius 1 is 1.21 bits per heavy atom. The number of methoxy groups -OCH3 is 1. The molecule has 4 aromatic rings. The number of nitrogens with zero attached hydrogens (tertiary/aromatic N) is 4. The van der Waals surface area contributed by atoms with E-state index in [4.69, 9.17) is 14.7 Å². The fourth-order valence-electron chi connectivity index (χ4n) is 4.46. The van der Waals surface area contributed by atoms with Crippen LogP contribution in [0, 0.1) is 19.8 Å². The summed E-state index contributed by atoms with van der Waals surface area (Å²) in [5, 5.41) is 8.52. The van der Waals surface area contributed by atoms with Gasteiger partial charge in [-0.3, -0.25) is 4.79 Å². The molecule has 0 bridgehead atoms. The zero-order chi connectivity index (χ0) is 23.7. The van der Waals surface area contributed by atoms with Crippen molar-refractivity contribution in [3.8, 4) is 5.88 Å². The number of aryl methyl sites for hydroxylation is 3. The maximum absolute atomic E-state index is 13.0. The highest BCUT2D eigenvalue weighted by Crippen LogP contribution is 2.30. The van der Waals surface area contributed by atoms with Gasteiger partial charge in [-0.2, -0.15) is 0 Å². The third-order valence-corrected chi connectivity index (χ3v) is 6.10. The number of para-hydroxylation sites is 2. The number of nitrogens with one attached hydrogen (secondary N) is 2. The van der Waals surface area contributed by atoms with Crippen molar-refractivity contribution < 1.29 is 9.53 Å². The Labute approximate surface area is 193 Å². The molecule has 0 saturated carbocycles. The summed E-state index contributed by atoms with van der Waals surface area (Å²) in [5.41, 5.74) is 5.71. The summed E-state index contributed by atoms with van der Waals surface area (Å²) in [6.07, 6.45) is 1.77. The van der Waals surface area contributed by atoms with Crippen molar-refractivity contribution in [3.05, 3.63) is 46.9 Å². The summed E-state index contributed by atoms with van der Waals surface area (Å²) in [5.74, 6) is 1.77. The van der Waals surface area contributed by atoms with E-state index in [0.29, 0.717) is 24.6 Å². The molecule has 0 spiro atoms. The van der Waals surface area contributed by atoms with Gasteiger partial charge in [-0.1, -0.05) is 26.0 Å². The molecule has 3 heterocycles. The van der Waals surface area contributed by atoms with Crippen LogP contribution in [0.1, 0.15) is 55.4 Å². The highest BCUT2D eigenvalue weighted by Gasteiger charge is 2.22. The van der Waals surface area contributed by atoms with Gasteiger partial charge in [-0.05, 0) is 55.9 Å². The molecule has 0 fully saturated rings. The van der Waals surface area contributed by atoms with Crippen molar-refractivity contribution in [1.82, 2.24) is 30.0 Å². The summed E-state index contributed by atoms with van der Waals surface area (Å²) >= 11 is 0. The van der Waals surface area contributed by atoms with Crippen molar-refractivity contribution in [3.63, 3.8) is 0 Å². The number of benzene rings is 1. The fraction of sp³-hybridized carbons (Fsp3) is 0.440. The largest absolute Gasteiger partial charge is 0.479 e. The Hall–Kier alpha value is -3.42. The van der Waals surface area contributed by atoms with Gasteiger partial charge < -0.3 is 15.0 Å². The van der Waals surface area contributed by atoms with Gasteiger partial charge in [0.15, 0.2) is 5.65 Å². The van der Waals surface area contributed by atoms with E-state index in [-0.39, 0.29) is 11.9 Å².